The highest BCUT2D eigenvalue weighted by molar-refractivity contribution is 8.00. The Hall–Kier alpha value is -0.670. The molecule has 2 nitrogen and oxygen atoms in total. The summed E-state index contributed by atoms with van der Waals surface area (Å²) in [5.41, 5.74) is 8.47. The Bertz CT molecular complexity index is 327. The molecule has 1 aromatic rings. The number of rotatable bonds is 2. The molecule has 82 valence electrons. The van der Waals surface area contributed by atoms with Crippen LogP contribution >= 0.6 is 11.8 Å². The van der Waals surface area contributed by atoms with E-state index in [1.54, 1.807) is 0 Å². The van der Waals surface area contributed by atoms with Crippen molar-refractivity contribution < 1.29 is 0 Å². The van der Waals surface area contributed by atoms with Crippen molar-refractivity contribution in [3.8, 4) is 0 Å². The zero-order chi connectivity index (χ0) is 10.7. The number of nitrogens with zero attached hydrogens (tertiary/aromatic N) is 1. The van der Waals surface area contributed by atoms with Crippen LogP contribution < -0.4 is 10.6 Å². The van der Waals surface area contributed by atoms with E-state index in [4.69, 9.17) is 5.73 Å². The summed E-state index contributed by atoms with van der Waals surface area (Å²) in [5.74, 6) is 1.19. The smallest absolute Gasteiger partial charge is 0.0396 e. The molecular formula is C12H18N2S. The minimum absolute atomic E-state index is 0.596. The molecule has 0 aliphatic carbocycles. The molecule has 1 aliphatic rings. The van der Waals surface area contributed by atoms with Crippen molar-refractivity contribution in [1.29, 1.82) is 0 Å². The standard InChI is InChI=1S/C12H18N2S/c1-10-4-2-3-5-12(10)14-6-7-15-11(8-13)9-14/h2-5,11H,6-9,13H2,1H3. The van der Waals surface area contributed by atoms with Gasteiger partial charge in [-0.05, 0) is 18.6 Å². The van der Waals surface area contributed by atoms with Crippen molar-refractivity contribution in [3.63, 3.8) is 0 Å². The predicted octanol–water partition coefficient (Wildman–Crippen LogP) is 1.88. The zero-order valence-electron chi connectivity index (χ0n) is 9.15. The number of aryl methyl sites for hydroxylation is 1. The van der Waals surface area contributed by atoms with Gasteiger partial charge in [0.05, 0.1) is 0 Å². The number of hydrogen-bond donors (Lipinski definition) is 1. The lowest BCUT2D eigenvalue weighted by Crippen LogP contribution is -2.41. The predicted molar refractivity (Wildman–Crippen MR) is 68.7 cm³/mol. The minimum Gasteiger partial charge on any atom is -0.369 e. The second kappa shape index (κ2) is 4.90. The van der Waals surface area contributed by atoms with E-state index < -0.39 is 0 Å². The van der Waals surface area contributed by atoms with Gasteiger partial charge in [0.15, 0.2) is 0 Å². The highest BCUT2D eigenvalue weighted by Crippen LogP contribution is 2.25. The van der Waals surface area contributed by atoms with Crippen molar-refractivity contribution in [1.82, 2.24) is 0 Å². The van der Waals surface area contributed by atoms with Crippen LogP contribution in [0, 0.1) is 6.92 Å². The first kappa shape index (κ1) is 10.8. The monoisotopic (exact) mass is 222 g/mol. The van der Waals surface area contributed by atoms with E-state index >= 15 is 0 Å². The maximum absolute atomic E-state index is 5.73. The molecule has 0 radical (unpaired) electrons. The average molecular weight is 222 g/mol. The lowest BCUT2D eigenvalue weighted by Gasteiger charge is -2.34. The summed E-state index contributed by atoms with van der Waals surface area (Å²) in [5, 5.41) is 0.596. The summed E-state index contributed by atoms with van der Waals surface area (Å²) < 4.78 is 0. The van der Waals surface area contributed by atoms with Gasteiger partial charge in [-0.1, -0.05) is 18.2 Å². The number of nitrogens with two attached hydrogens (primary N) is 1. The molecule has 0 aromatic heterocycles. The summed E-state index contributed by atoms with van der Waals surface area (Å²) in [6.07, 6.45) is 0. The van der Waals surface area contributed by atoms with Gasteiger partial charge in [-0.25, -0.2) is 0 Å². The third-order valence-corrected chi connectivity index (χ3v) is 4.09. The molecular weight excluding hydrogens is 204 g/mol. The Kier molecular flexibility index (Phi) is 3.54. The highest BCUT2D eigenvalue weighted by atomic mass is 32.2. The number of anilines is 1. The van der Waals surface area contributed by atoms with Crippen LogP contribution in [0.3, 0.4) is 0 Å². The highest BCUT2D eigenvalue weighted by Gasteiger charge is 2.19. The minimum atomic E-state index is 0.596. The summed E-state index contributed by atoms with van der Waals surface area (Å²) in [4.78, 5) is 2.46. The van der Waals surface area contributed by atoms with Crippen molar-refractivity contribution in [2.45, 2.75) is 12.2 Å². The van der Waals surface area contributed by atoms with Crippen LogP contribution in [0.25, 0.3) is 0 Å². The maximum atomic E-state index is 5.73. The fourth-order valence-corrected chi connectivity index (χ4v) is 3.08. The van der Waals surface area contributed by atoms with Crippen LogP contribution in [0.4, 0.5) is 5.69 Å². The van der Waals surface area contributed by atoms with Gasteiger partial charge in [0.25, 0.3) is 0 Å². The van der Waals surface area contributed by atoms with E-state index in [2.05, 4.69) is 36.1 Å². The zero-order valence-corrected chi connectivity index (χ0v) is 9.96. The van der Waals surface area contributed by atoms with E-state index in [0.717, 1.165) is 19.6 Å². The molecule has 1 unspecified atom stereocenters. The number of benzene rings is 1. The van der Waals surface area contributed by atoms with Crippen LogP contribution in [-0.4, -0.2) is 30.6 Å². The van der Waals surface area contributed by atoms with Crippen LogP contribution in [0.15, 0.2) is 24.3 Å². The van der Waals surface area contributed by atoms with Gasteiger partial charge in [0.2, 0.25) is 0 Å². The molecule has 2 N–H and O–H groups in total. The molecule has 1 aliphatic heterocycles. The number of hydrogen-bond acceptors (Lipinski definition) is 3. The van der Waals surface area contributed by atoms with Crippen molar-refractivity contribution in [2.75, 3.05) is 30.3 Å². The van der Waals surface area contributed by atoms with Gasteiger partial charge >= 0.3 is 0 Å². The van der Waals surface area contributed by atoms with Gasteiger partial charge in [-0.2, -0.15) is 11.8 Å². The van der Waals surface area contributed by atoms with Crippen LogP contribution in [0.5, 0.6) is 0 Å². The Morgan fingerprint density at radius 2 is 2.27 bits per heavy atom. The molecule has 1 aromatic carbocycles. The Morgan fingerprint density at radius 3 is 3.00 bits per heavy atom. The van der Waals surface area contributed by atoms with Crippen LogP contribution in [0.1, 0.15) is 5.56 Å². The molecule has 0 saturated carbocycles. The Morgan fingerprint density at radius 1 is 1.47 bits per heavy atom. The third kappa shape index (κ3) is 2.47. The first-order valence-corrected chi connectivity index (χ1v) is 6.48. The van der Waals surface area contributed by atoms with Crippen LogP contribution in [-0.2, 0) is 0 Å². The molecule has 1 saturated heterocycles. The molecule has 15 heavy (non-hydrogen) atoms. The van der Waals surface area contributed by atoms with Gasteiger partial charge in [-0.3, -0.25) is 0 Å². The summed E-state index contributed by atoms with van der Waals surface area (Å²) in [6, 6.07) is 8.59. The topological polar surface area (TPSA) is 29.3 Å². The molecule has 1 fully saturated rings. The Labute approximate surface area is 95.8 Å². The first-order valence-electron chi connectivity index (χ1n) is 5.43. The van der Waals surface area contributed by atoms with Crippen molar-refractivity contribution >= 4 is 17.4 Å². The van der Waals surface area contributed by atoms with Gasteiger partial charge in [-0.15, -0.1) is 0 Å². The van der Waals surface area contributed by atoms with Crippen molar-refractivity contribution in [3.05, 3.63) is 29.8 Å². The fraction of sp³-hybridized carbons (Fsp3) is 0.500. The Balaban J connectivity index is 2.13. The van der Waals surface area contributed by atoms with E-state index in [1.807, 2.05) is 11.8 Å². The third-order valence-electron chi connectivity index (χ3n) is 2.86. The molecule has 1 heterocycles. The van der Waals surface area contributed by atoms with E-state index in [9.17, 15) is 0 Å². The fourth-order valence-electron chi connectivity index (χ4n) is 2.00. The number of thioether (sulfide) groups is 1. The molecule has 0 spiro atoms. The van der Waals surface area contributed by atoms with E-state index in [1.165, 1.54) is 17.0 Å². The SMILES string of the molecule is Cc1ccccc1N1CCSC(CN)C1. The van der Waals surface area contributed by atoms with Gasteiger partial charge in [0, 0.05) is 36.3 Å². The molecule has 1 atom stereocenters. The average Bonchev–Trinajstić information content (AvgIpc) is 2.30. The molecule has 2 rings (SSSR count). The lowest BCUT2D eigenvalue weighted by atomic mass is 10.1. The van der Waals surface area contributed by atoms with Gasteiger partial charge < -0.3 is 10.6 Å². The normalized spacial score (nSPS) is 21.7. The lowest BCUT2D eigenvalue weighted by molar-refractivity contribution is 0.747. The van der Waals surface area contributed by atoms with Crippen LogP contribution in [0.2, 0.25) is 0 Å². The molecule has 3 heteroatoms. The van der Waals surface area contributed by atoms with Gasteiger partial charge in [0.1, 0.15) is 0 Å². The summed E-state index contributed by atoms with van der Waals surface area (Å²) in [7, 11) is 0. The maximum Gasteiger partial charge on any atom is 0.0396 e. The summed E-state index contributed by atoms with van der Waals surface area (Å²) in [6.45, 7) is 5.19. The van der Waals surface area contributed by atoms with Crippen molar-refractivity contribution in [2.24, 2.45) is 5.73 Å². The van der Waals surface area contributed by atoms with E-state index in [-0.39, 0.29) is 0 Å². The van der Waals surface area contributed by atoms with E-state index in [0.29, 0.717) is 5.25 Å². The second-order valence-corrected chi connectivity index (χ2v) is 5.37. The first-order chi connectivity index (χ1) is 7.31. The number of para-hydroxylation sites is 1. The largest absolute Gasteiger partial charge is 0.369 e. The summed E-state index contributed by atoms with van der Waals surface area (Å²) >= 11 is 2.00. The second-order valence-electron chi connectivity index (χ2n) is 3.96. The molecule has 0 bridgehead atoms. The quantitative estimate of drug-likeness (QED) is 0.828. The molecule has 0 amide bonds.